The Labute approximate surface area is 243 Å². The van der Waals surface area contributed by atoms with Gasteiger partial charge in [-0.2, -0.15) is 34.8 Å². The fraction of sp³-hybridized carbons (Fsp3) is 0.480. The number of piperidine rings is 1. The Hall–Kier alpha value is -3.15. The highest BCUT2D eigenvalue weighted by atomic mass is 32.2. The molecule has 2 unspecified atom stereocenters. The van der Waals surface area contributed by atoms with Crippen molar-refractivity contribution in [1.29, 1.82) is 0 Å². The van der Waals surface area contributed by atoms with Gasteiger partial charge in [0.25, 0.3) is 0 Å². The molecule has 2 atom stereocenters. The molecule has 2 bridgehead atoms. The van der Waals surface area contributed by atoms with Crippen LogP contribution in [0.25, 0.3) is 22.2 Å². The summed E-state index contributed by atoms with van der Waals surface area (Å²) in [5.74, 6) is -4.68. The SMILES string of the molecule is CCOc1nc(-c2cc(OS(=O)(=O)C(F)(F)F)cc(F)c2C(F)(F)F)c(F)c2nc(SC)nc(N3CC4CCC(C4)C3)c12. The first kappa shape index (κ1) is 31.3. The van der Waals surface area contributed by atoms with Gasteiger partial charge in [-0.1, -0.05) is 11.8 Å². The third kappa shape index (κ3) is 5.86. The molecule has 3 aromatic rings. The van der Waals surface area contributed by atoms with Crippen molar-refractivity contribution in [2.45, 2.75) is 43.0 Å². The molecule has 1 aliphatic heterocycles. The first-order valence-electron chi connectivity index (χ1n) is 12.8. The zero-order chi connectivity index (χ0) is 31.5. The van der Waals surface area contributed by atoms with E-state index in [9.17, 15) is 39.2 Å². The van der Waals surface area contributed by atoms with E-state index >= 15 is 4.39 Å². The quantitative estimate of drug-likeness (QED) is 0.0919. The maximum atomic E-state index is 16.3. The van der Waals surface area contributed by atoms with E-state index in [0.29, 0.717) is 24.9 Å². The highest BCUT2D eigenvalue weighted by Gasteiger charge is 2.49. The normalized spacial score (nSPS) is 19.3. The first-order valence-corrected chi connectivity index (χ1v) is 15.4. The Morgan fingerprint density at radius 3 is 2.23 bits per heavy atom. The van der Waals surface area contributed by atoms with Crippen molar-refractivity contribution >= 4 is 38.6 Å². The summed E-state index contributed by atoms with van der Waals surface area (Å²) in [5, 5.41) is -0.00205. The second-order valence-electron chi connectivity index (χ2n) is 10.0. The fourth-order valence-corrected chi connectivity index (χ4v) is 6.31. The number of thioether (sulfide) groups is 1. The summed E-state index contributed by atoms with van der Waals surface area (Å²) < 4.78 is 145. The van der Waals surface area contributed by atoms with Crippen LogP contribution in [0.15, 0.2) is 17.3 Å². The van der Waals surface area contributed by atoms with Gasteiger partial charge in [0.15, 0.2) is 11.0 Å². The lowest BCUT2D eigenvalue weighted by Gasteiger charge is -2.33. The van der Waals surface area contributed by atoms with E-state index in [1.807, 2.05) is 4.90 Å². The number of halogens is 8. The molecule has 43 heavy (non-hydrogen) atoms. The van der Waals surface area contributed by atoms with Crippen LogP contribution in [0, 0.1) is 23.5 Å². The third-order valence-electron chi connectivity index (χ3n) is 7.17. The van der Waals surface area contributed by atoms with Crippen LogP contribution in [-0.4, -0.2) is 54.8 Å². The van der Waals surface area contributed by atoms with E-state index in [4.69, 9.17) is 4.74 Å². The van der Waals surface area contributed by atoms with Gasteiger partial charge < -0.3 is 13.8 Å². The molecule has 2 aromatic heterocycles. The van der Waals surface area contributed by atoms with Gasteiger partial charge in [-0.15, -0.1) is 0 Å². The predicted molar refractivity (Wildman–Crippen MR) is 139 cm³/mol. The predicted octanol–water partition coefficient (Wildman–Crippen LogP) is 6.57. The molecule has 1 aliphatic carbocycles. The first-order chi connectivity index (χ1) is 20.0. The maximum Gasteiger partial charge on any atom is 0.534 e. The van der Waals surface area contributed by atoms with E-state index in [2.05, 4.69) is 19.1 Å². The molecule has 2 fully saturated rings. The zero-order valence-corrected chi connectivity index (χ0v) is 23.9. The molecule has 5 rings (SSSR count). The summed E-state index contributed by atoms with van der Waals surface area (Å²) in [5.41, 5.74) is -11.3. The van der Waals surface area contributed by atoms with E-state index in [-0.39, 0.29) is 35.1 Å². The van der Waals surface area contributed by atoms with E-state index in [0.717, 1.165) is 31.0 Å². The minimum atomic E-state index is -6.42. The van der Waals surface area contributed by atoms with Gasteiger partial charge in [0, 0.05) is 24.7 Å². The van der Waals surface area contributed by atoms with Gasteiger partial charge in [-0.05, 0) is 50.3 Å². The van der Waals surface area contributed by atoms with Gasteiger partial charge in [0.1, 0.15) is 39.5 Å². The van der Waals surface area contributed by atoms with E-state index < -0.39 is 67.4 Å². The van der Waals surface area contributed by atoms with Crippen LogP contribution in [0.3, 0.4) is 0 Å². The number of hydrogen-bond acceptors (Lipinski definition) is 9. The average molecular weight is 659 g/mol. The molecule has 0 spiro atoms. The highest BCUT2D eigenvalue weighted by molar-refractivity contribution is 7.98. The smallest absolute Gasteiger partial charge is 0.477 e. The number of anilines is 1. The molecule has 18 heteroatoms. The van der Waals surface area contributed by atoms with Crippen molar-refractivity contribution in [3.8, 4) is 22.9 Å². The molecule has 1 saturated heterocycles. The van der Waals surface area contributed by atoms with Crippen LogP contribution in [0.1, 0.15) is 31.7 Å². The minimum Gasteiger partial charge on any atom is -0.477 e. The van der Waals surface area contributed by atoms with Crippen LogP contribution in [0.4, 0.5) is 40.9 Å². The lowest BCUT2D eigenvalue weighted by molar-refractivity contribution is -0.139. The summed E-state index contributed by atoms with van der Waals surface area (Å²) in [6, 6.07) is -0.0865. The van der Waals surface area contributed by atoms with Crippen molar-refractivity contribution in [2.75, 3.05) is 30.9 Å². The fourth-order valence-electron chi connectivity index (χ4n) is 5.50. The molecule has 1 saturated carbocycles. The lowest BCUT2D eigenvalue weighted by Crippen LogP contribution is -2.37. The van der Waals surface area contributed by atoms with Gasteiger partial charge in [-0.3, -0.25) is 0 Å². The van der Waals surface area contributed by atoms with Crippen molar-refractivity contribution < 1.29 is 52.5 Å². The van der Waals surface area contributed by atoms with Crippen LogP contribution < -0.4 is 13.8 Å². The summed E-state index contributed by atoms with van der Waals surface area (Å²) in [6.07, 6.45) is -0.943. The number of fused-ring (bicyclic) bond motifs is 3. The monoisotopic (exact) mass is 658 g/mol. The molecule has 234 valence electrons. The van der Waals surface area contributed by atoms with Crippen molar-refractivity contribution in [1.82, 2.24) is 15.0 Å². The molecule has 2 aliphatic rings. The van der Waals surface area contributed by atoms with E-state index in [1.165, 1.54) is 6.92 Å². The van der Waals surface area contributed by atoms with Crippen molar-refractivity contribution in [3.63, 3.8) is 0 Å². The third-order valence-corrected chi connectivity index (χ3v) is 8.70. The Bertz CT molecular complexity index is 1670. The molecular weight excluding hydrogens is 636 g/mol. The number of nitrogens with zero attached hydrogens (tertiary/aromatic N) is 4. The molecule has 0 radical (unpaired) electrons. The summed E-state index contributed by atoms with van der Waals surface area (Å²) in [7, 11) is -6.42. The average Bonchev–Trinajstić information content (AvgIpc) is 3.24. The lowest BCUT2D eigenvalue weighted by atomic mass is 9.98. The highest BCUT2D eigenvalue weighted by Crippen LogP contribution is 2.46. The van der Waals surface area contributed by atoms with Crippen LogP contribution >= 0.6 is 11.8 Å². The number of hydrogen-bond donors (Lipinski definition) is 0. The van der Waals surface area contributed by atoms with Crippen LogP contribution in [0.5, 0.6) is 11.6 Å². The molecule has 1 aromatic carbocycles. The topological polar surface area (TPSA) is 94.5 Å². The number of rotatable bonds is 7. The maximum absolute atomic E-state index is 16.3. The van der Waals surface area contributed by atoms with Gasteiger partial charge >= 0.3 is 21.8 Å². The van der Waals surface area contributed by atoms with Crippen LogP contribution in [0.2, 0.25) is 0 Å². The minimum absolute atomic E-state index is 0.0505. The summed E-state index contributed by atoms with van der Waals surface area (Å²) in [6.45, 7) is 2.56. The number of aromatic nitrogens is 3. The number of alkyl halides is 6. The summed E-state index contributed by atoms with van der Waals surface area (Å²) >= 11 is 1.02. The van der Waals surface area contributed by atoms with Crippen molar-refractivity contribution in [2.24, 2.45) is 11.8 Å². The summed E-state index contributed by atoms with van der Waals surface area (Å²) in [4.78, 5) is 14.5. The number of pyridine rings is 1. The van der Waals surface area contributed by atoms with Crippen molar-refractivity contribution in [3.05, 3.63) is 29.3 Å². The van der Waals surface area contributed by atoms with Gasteiger partial charge in [0.2, 0.25) is 5.88 Å². The number of ether oxygens (including phenoxy) is 1. The van der Waals surface area contributed by atoms with E-state index in [1.54, 1.807) is 6.26 Å². The Kier molecular flexibility index (Phi) is 8.07. The standard InChI is InChI=1S/C25H22F8N4O4S2/c1-3-40-22-16-20(35-23(42-2)36-21(16)37-9-11-4-5-12(6-11)10-37)18(27)19(34-22)14-7-13(41-43(38,39)25(31,32)33)8-15(26)17(14)24(28,29)30/h7-8,11-12H,3-6,9-10H2,1-2H3. The zero-order valence-electron chi connectivity index (χ0n) is 22.3. The Morgan fingerprint density at radius 1 is 1.02 bits per heavy atom. The Morgan fingerprint density at radius 2 is 1.67 bits per heavy atom. The Balaban J connectivity index is 1.79. The molecular formula is C25H22F8N4O4S2. The molecule has 3 heterocycles. The second kappa shape index (κ2) is 11.1. The second-order valence-corrected chi connectivity index (χ2v) is 12.3. The number of benzene rings is 1. The van der Waals surface area contributed by atoms with Gasteiger partial charge in [0.05, 0.1) is 6.61 Å². The molecule has 0 amide bonds. The van der Waals surface area contributed by atoms with Crippen LogP contribution in [-0.2, 0) is 16.3 Å². The molecule has 0 N–H and O–H groups in total. The van der Waals surface area contributed by atoms with Gasteiger partial charge in [-0.25, -0.2) is 23.7 Å². The largest absolute Gasteiger partial charge is 0.534 e. The molecule has 8 nitrogen and oxygen atoms in total.